The lowest BCUT2D eigenvalue weighted by molar-refractivity contribution is -0.129. The van der Waals surface area contributed by atoms with Crippen molar-refractivity contribution in [3.8, 4) is 11.4 Å². The molecule has 2 heterocycles. The second-order valence-electron chi connectivity index (χ2n) is 7.23. The van der Waals surface area contributed by atoms with Crippen LogP contribution < -0.4 is 0 Å². The van der Waals surface area contributed by atoms with E-state index in [9.17, 15) is 4.79 Å². The standard InChI is InChI=1S/C22H25N5O2S/c1-29-14-13-26(15-17-5-3-2-4-6-17)20(28)16-30-22-25-24-21(27(22)19-7-8-19)18-9-11-23-12-10-18/h2-6,9-12,19H,7-8,13-16H2,1H3. The van der Waals surface area contributed by atoms with Crippen LogP contribution in [-0.4, -0.2) is 56.6 Å². The lowest BCUT2D eigenvalue weighted by Crippen LogP contribution is -2.34. The first kappa shape index (κ1) is 20.6. The summed E-state index contributed by atoms with van der Waals surface area (Å²) >= 11 is 1.45. The summed E-state index contributed by atoms with van der Waals surface area (Å²) in [6, 6.07) is 14.3. The van der Waals surface area contributed by atoms with Gasteiger partial charge in [-0.3, -0.25) is 14.3 Å². The van der Waals surface area contributed by atoms with Gasteiger partial charge in [-0.05, 0) is 30.5 Å². The van der Waals surface area contributed by atoms with Crippen molar-refractivity contribution in [2.45, 2.75) is 30.6 Å². The number of nitrogens with zero attached hydrogens (tertiary/aromatic N) is 5. The molecule has 1 aliphatic rings. The molecule has 7 nitrogen and oxygen atoms in total. The van der Waals surface area contributed by atoms with Crippen molar-refractivity contribution in [3.05, 3.63) is 60.4 Å². The number of hydrogen-bond acceptors (Lipinski definition) is 6. The normalized spacial score (nSPS) is 13.4. The van der Waals surface area contributed by atoms with Gasteiger partial charge in [0, 0.05) is 44.2 Å². The van der Waals surface area contributed by atoms with Crippen molar-refractivity contribution in [1.29, 1.82) is 0 Å². The van der Waals surface area contributed by atoms with Gasteiger partial charge in [0.05, 0.1) is 12.4 Å². The summed E-state index contributed by atoms with van der Waals surface area (Å²) in [7, 11) is 1.65. The molecule has 0 bridgehead atoms. The lowest BCUT2D eigenvalue weighted by atomic mass is 10.2. The van der Waals surface area contributed by atoms with Crippen LogP contribution in [-0.2, 0) is 16.1 Å². The molecule has 2 aromatic heterocycles. The predicted octanol–water partition coefficient (Wildman–Crippen LogP) is 3.44. The van der Waals surface area contributed by atoms with Crippen LogP contribution in [0.5, 0.6) is 0 Å². The predicted molar refractivity (Wildman–Crippen MR) is 116 cm³/mol. The minimum Gasteiger partial charge on any atom is -0.383 e. The molecular formula is C22H25N5O2S. The van der Waals surface area contributed by atoms with Crippen LogP contribution in [0.15, 0.2) is 60.0 Å². The molecule has 1 amide bonds. The van der Waals surface area contributed by atoms with Crippen molar-refractivity contribution in [2.24, 2.45) is 0 Å². The molecule has 1 saturated carbocycles. The van der Waals surface area contributed by atoms with Gasteiger partial charge < -0.3 is 9.64 Å². The zero-order valence-corrected chi connectivity index (χ0v) is 17.8. The third kappa shape index (κ3) is 5.06. The van der Waals surface area contributed by atoms with Crippen molar-refractivity contribution in [2.75, 3.05) is 26.0 Å². The zero-order valence-electron chi connectivity index (χ0n) is 17.0. The van der Waals surface area contributed by atoms with Crippen LogP contribution in [0.25, 0.3) is 11.4 Å². The van der Waals surface area contributed by atoms with Crippen molar-refractivity contribution < 1.29 is 9.53 Å². The Hall–Kier alpha value is -2.71. The van der Waals surface area contributed by atoms with Crippen LogP contribution in [0.4, 0.5) is 0 Å². The summed E-state index contributed by atoms with van der Waals surface area (Å²) in [5.74, 6) is 1.23. The van der Waals surface area contributed by atoms with Crippen LogP contribution in [0.1, 0.15) is 24.4 Å². The lowest BCUT2D eigenvalue weighted by Gasteiger charge is -2.22. The fraction of sp³-hybridized carbons (Fsp3) is 0.364. The van der Waals surface area contributed by atoms with Crippen LogP contribution >= 0.6 is 11.8 Å². The van der Waals surface area contributed by atoms with E-state index >= 15 is 0 Å². The average molecular weight is 424 g/mol. The van der Waals surface area contributed by atoms with Crippen molar-refractivity contribution in [1.82, 2.24) is 24.6 Å². The van der Waals surface area contributed by atoms with Gasteiger partial charge in [0.15, 0.2) is 11.0 Å². The van der Waals surface area contributed by atoms with Gasteiger partial charge in [-0.25, -0.2) is 0 Å². The summed E-state index contributed by atoms with van der Waals surface area (Å²) < 4.78 is 7.37. The SMILES string of the molecule is COCCN(Cc1ccccc1)C(=O)CSc1nnc(-c2ccncc2)n1C1CC1. The fourth-order valence-electron chi connectivity index (χ4n) is 3.25. The quantitative estimate of drug-likeness (QED) is 0.465. The summed E-state index contributed by atoms with van der Waals surface area (Å²) in [4.78, 5) is 18.9. The first-order chi connectivity index (χ1) is 14.8. The Bertz CT molecular complexity index is 960. The van der Waals surface area contributed by atoms with Gasteiger partial charge in [-0.15, -0.1) is 10.2 Å². The number of pyridine rings is 1. The molecule has 1 aromatic carbocycles. The van der Waals surface area contributed by atoms with Crippen LogP contribution in [0.3, 0.4) is 0 Å². The highest BCUT2D eigenvalue weighted by Gasteiger charge is 2.30. The number of hydrogen-bond donors (Lipinski definition) is 0. The Balaban J connectivity index is 1.46. The molecule has 0 spiro atoms. The van der Waals surface area contributed by atoms with Gasteiger partial charge >= 0.3 is 0 Å². The highest BCUT2D eigenvalue weighted by Crippen LogP contribution is 2.41. The van der Waals surface area contributed by atoms with E-state index in [0.717, 1.165) is 34.9 Å². The molecule has 8 heteroatoms. The van der Waals surface area contributed by atoms with Gasteiger partial charge in [0.1, 0.15) is 0 Å². The molecule has 1 aliphatic carbocycles. The van der Waals surface area contributed by atoms with Crippen LogP contribution in [0, 0.1) is 0 Å². The highest BCUT2D eigenvalue weighted by atomic mass is 32.2. The molecule has 0 unspecified atom stereocenters. The summed E-state index contributed by atoms with van der Waals surface area (Å²) in [5, 5.41) is 9.59. The van der Waals surface area contributed by atoms with E-state index in [-0.39, 0.29) is 5.91 Å². The minimum absolute atomic E-state index is 0.0664. The minimum atomic E-state index is 0.0664. The van der Waals surface area contributed by atoms with E-state index in [1.54, 1.807) is 19.5 Å². The molecule has 1 fully saturated rings. The maximum absolute atomic E-state index is 13.0. The Morgan fingerprint density at radius 2 is 1.93 bits per heavy atom. The molecule has 30 heavy (non-hydrogen) atoms. The van der Waals surface area contributed by atoms with Gasteiger partial charge in [0.2, 0.25) is 5.91 Å². The first-order valence-corrected chi connectivity index (χ1v) is 11.0. The summed E-state index contributed by atoms with van der Waals surface area (Å²) in [6.45, 7) is 1.64. The number of amides is 1. The topological polar surface area (TPSA) is 73.1 Å². The maximum Gasteiger partial charge on any atom is 0.233 e. The molecule has 0 radical (unpaired) electrons. The molecule has 0 saturated heterocycles. The highest BCUT2D eigenvalue weighted by molar-refractivity contribution is 7.99. The van der Waals surface area contributed by atoms with Gasteiger partial charge in [-0.2, -0.15) is 0 Å². The van der Waals surface area contributed by atoms with E-state index < -0.39 is 0 Å². The summed E-state index contributed by atoms with van der Waals surface area (Å²) in [5.41, 5.74) is 2.10. The third-order valence-electron chi connectivity index (χ3n) is 4.97. The fourth-order valence-corrected chi connectivity index (χ4v) is 4.16. The zero-order chi connectivity index (χ0) is 20.8. The number of carbonyl (C=O) groups excluding carboxylic acids is 1. The van der Waals surface area contributed by atoms with Crippen molar-refractivity contribution >= 4 is 17.7 Å². The smallest absolute Gasteiger partial charge is 0.233 e. The molecule has 0 atom stereocenters. The number of methoxy groups -OCH3 is 1. The molecular weight excluding hydrogens is 398 g/mol. The second kappa shape index (κ2) is 9.86. The Morgan fingerprint density at radius 1 is 1.17 bits per heavy atom. The number of thioether (sulfide) groups is 1. The van der Waals surface area contributed by atoms with E-state index in [2.05, 4.69) is 19.7 Å². The van der Waals surface area contributed by atoms with Crippen LogP contribution in [0.2, 0.25) is 0 Å². The molecule has 156 valence electrons. The average Bonchev–Trinajstić information content (AvgIpc) is 3.55. The molecule has 3 aromatic rings. The summed E-state index contributed by atoms with van der Waals surface area (Å²) in [6.07, 6.45) is 5.75. The number of ether oxygens (including phenoxy) is 1. The van der Waals surface area contributed by atoms with Crippen molar-refractivity contribution in [3.63, 3.8) is 0 Å². The van der Waals surface area contributed by atoms with Gasteiger partial charge in [0.25, 0.3) is 0 Å². The molecule has 0 N–H and O–H groups in total. The Labute approximate surface area is 180 Å². The second-order valence-corrected chi connectivity index (χ2v) is 8.17. The Morgan fingerprint density at radius 3 is 2.63 bits per heavy atom. The largest absolute Gasteiger partial charge is 0.383 e. The first-order valence-electron chi connectivity index (χ1n) is 10.0. The molecule has 4 rings (SSSR count). The number of aromatic nitrogens is 4. The van der Waals surface area contributed by atoms with E-state index in [1.807, 2.05) is 47.4 Å². The number of rotatable bonds is 10. The van der Waals surface area contributed by atoms with E-state index in [1.165, 1.54) is 11.8 Å². The van der Waals surface area contributed by atoms with E-state index in [0.29, 0.717) is 31.5 Å². The molecule has 0 aliphatic heterocycles. The third-order valence-corrected chi connectivity index (χ3v) is 5.90. The van der Waals surface area contributed by atoms with E-state index in [4.69, 9.17) is 4.74 Å². The monoisotopic (exact) mass is 423 g/mol. The van der Waals surface area contributed by atoms with Gasteiger partial charge in [-0.1, -0.05) is 42.1 Å². The number of benzene rings is 1. The maximum atomic E-state index is 13.0. The number of carbonyl (C=O) groups is 1. The Kier molecular flexibility index (Phi) is 6.76.